The number of nitrogens with zero attached hydrogens (tertiary/aromatic N) is 2. The number of nitrogens with one attached hydrogen (secondary N) is 1. The van der Waals surface area contributed by atoms with E-state index >= 15 is 0 Å². The van der Waals surface area contributed by atoms with Gasteiger partial charge in [0.15, 0.2) is 0 Å². The van der Waals surface area contributed by atoms with Crippen LogP contribution in [0, 0.1) is 0 Å². The van der Waals surface area contributed by atoms with Crippen LogP contribution in [0.4, 0.5) is 4.79 Å². The van der Waals surface area contributed by atoms with E-state index in [1.54, 1.807) is 16.7 Å². The van der Waals surface area contributed by atoms with E-state index in [1.165, 1.54) is 12.8 Å². The summed E-state index contributed by atoms with van der Waals surface area (Å²) in [5, 5.41) is 12.0. The van der Waals surface area contributed by atoms with Gasteiger partial charge in [0.2, 0.25) is 0 Å². The lowest BCUT2D eigenvalue weighted by atomic mass is 10.2. The largest absolute Gasteiger partial charge is 0.481 e. The van der Waals surface area contributed by atoms with Crippen LogP contribution in [0.3, 0.4) is 0 Å². The molecule has 2 atom stereocenters. The second kappa shape index (κ2) is 7.89. The van der Waals surface area contributed by atoms with Crippen LogP contribution in [0.15, 0.2) is 0 Å². The molecule has 6 nitrogen and oxygen atoms in total. The van der Waals surface area contributed by atoms with Gasteiger partial charge in [0.25, 0.3) is 0 Å². The minimum Gasteiger partial charge on any atom is -0.481 e. The first kappa shape index (κ1) is 16.4. The molecule has 2 amide bonds. The van der Waals surface area contributed by atoms with Gasteiger partial charge in [-0.05, 0) is 32.9 Å². The summed E-state index contributed by atoms with van der Waals surface area (Å²) in [5.41, 5.74) is 0. The molecule has 0 spiro atoms. The van der Waals surface area contributed by atoms with Crippen molar-refractivity contribution in [3.05, 3.63) is 0 Å². The highest BCUT2D eigenvalue weighted by Crippen LogP contribution is 2.19. The van der Waals surface area contributed by atoms with Crippen LogP contribution in [0.2, 0.25) is 0 Å². The molecule has 0 saturated carbocycles. The number of amides is 2. The maximum atomic E-state index is 12.4. The molecule has 2 aliphatic heterocycles. The summed E-state index contributed by atoms with van der Waals surface area (Å²) in [7, 11) is 0. The quantitative estimate of drug-likeness (QED) is 0.794. The zero-order valence-corrected chi connectivity index (χ0v) is 13.4. The Morgan fingerprint density at radius 2 is 2.05 bits per heavy atom. The minimum atomic E-state index is -0.842. The Kier molecular flexibility index (Phi) is 6.17. The monoisotopic (exact) mass is 315 g/mol. The third-order valence-electron chi connectivity index (χ3n) is 4.00. The second-order valence-corrected chi connectivity index (χ2v) is 7.03. The van der Waals surface area contributed by atoms with Crippen molar-refractivity contribution in [3.8, 4) is 0 Å². The molecule has 0 aromatic carbocycles. The molecule has 2 rings (SSSR count). The van der Waals surface area contributed by atoms with Crippen LogP contribution < -0.4 is 5.32 Å². The number of carboxylic acids is 1. The number of urea groups is 1. The molecule has 0 aliphatic carbocycles. The van der Waals surface area contributed by atoms with E-state index in [2.05, 4.69) is 10.2 Å². The summed E-state index contributed by atoms with van der Waals surface area (Å²) in [5.74, 6) is 0.745. The third-order valence-corrected chi connectivity index (χ3v) is 5.09. The summed E-state index contributed by atoms with van der Waals surface area (Å²) < 4.78 is 0. The lowest BCUT2D eigenvalue weighted by molar-refractivity contribution is -0.137. The van der Waals surface area contributed by atoms with Gasteiger partial charge in [-0.1, -0.05) is 0 Å². The summed E-state index contributed by atoms with van der Waals surface area (Å²) in [6.45, 7) is 5.74. The number of thioether (sulfide) groups is 1. The smallest absolute Gasteiger partial charge is 0.317 e. The number of aliphatic carboxylic acids is 1. The topological polar surface area (TPSA) is 72.9 Å². The van der Waals surface area contributed by atoms with Crippen LogP contribution in [0.1, 0.15) is 26.2 Å². The molecule has 2 N–H and O–H groups in total. The number of likely N-dealkylation sites (tertiary alicyclic amines) is 1. The van der Waals surface area contributed by atoms with Crippen molar-refractivity contribution in [2.45, 2.75) is 38.3 Å². The maximum absolute atomic E-state index is 12.4. The number of carbonyl (C=O) groups excluding carboxylic acids is 1. The Bertz CT molecular complexity index is 374. The predicted octanol–water partition coefficient (Wildman–Crippen LogP) is 1.07. The second-order valence-electron chi connectivity index (χ2n) is 5.88. The Morgan fingerprint density at radius 1 is 1.33 bits per heavy atom. The summed E-state index contributed by atoms with van der Waals surface area (Å²) in [6, 6.07) is -0.218. The Balaban J connectivity index is 1.82. The fourth-order valence-corrected chi connectivity index (χ4v) is 4.05. The van der Waals surface area contributed by atoms with E-state index in [-0.39, 0.29) is 24.5 Å². The Morgan fingerprint density at radius 3 is 2.71 bits per heavy atom. The fraction of sp³-hybridized carbons (Fsp3) is 0.857. The van der Waals surface area contributed by atoms with Crippen LogP contribution in [0.25, 0.3) is 0 Å². The van der Waals surface area contributed by atoms with Crippen molar-refractivity contribution in [3.63, 3.8) is 0 Å². The molecule has 0 aromatic heterocycles. The van der Waals surface area contributed by atoms with Crippen molar-refractivity contribution in [2.24, 2.45) is 0 Å². The molecular formula is C14H25N3O3S. The van der Waals surface area contributed by atoms with Gasteiger partial charge in [-0.15, -0.1) is 0 Å². The SMILES string of the molecule is CC(CN1CCCC1)NC(=O)N1CCSCC1CC(=O)O. The molecule has 21 heavy (non-hydrogen) atoms. The summed E-state index contributed by atoms with van der Waals surface area (Å²) in [6.07, 6.45) is 2.51. The number of hydrogen-bond donors (Lipinski definition) is 2. The van der Waals surface area contributed by atoms with Gasteiger partial charge in [-0.25, -0.2) is 4.79 Å². The molecule has 2 heterocycles. The predicted molar refractivity (Wildman–Crippen MR) is 83.7 cm³/mol. The molecular weight excluding hydrogens is 290 g/mol. The van der Waals surface area contributed by atoms with Crippen LogP contribution in [0.5, 0.6) is 0 Å². The summed E-state index contributed by atoms with van der Waals surface area (Å²) in [4.78, 5) is 27.3. The van der Waals surface area contributed by atoms with Gasteiger partial charge >= 0.3 is 12.0 Å². The van der Waals surface area contributed by atoms with Gasteiger partial charge in [0.1, 0.15) is 0 Å². The number of carbonyl (C=O) groups is 2. The molecule has 0 aromatic rings. The molecule has 7 heteroatoms. The first-order chi connectivity index (χ1) is 10.1. The summed E-state index contributed by atoms with van der Waals surface area (Å²) >= 11 is 1.72. The van der Waals surface area contributed by atoms with E-state index in [0.717, 1.165) is 25.4 Å². The molecule has 0 radical (unpaired) electrons. The van der Waals surface area contributed by atoms with E-state index < -0.39 is 5.97 Å². The molecule has 2 saturated heterocycles. The molecule has 120 valence electrons. The molecule has 2 fully saturated rings. The van der Waals surface area contributed by atoms with E-state index in [4.69, 9.17) is 5.11 Å². The normalized spacial score (nSPS) is 24.8. The van der Waals surface area contributed by atoms with E-state index in [0.29, 0.717) is 12.3 Å². The van der Waals surface area contributed by atoms with Gasteiger partial charge in [0, 0.05) is 30.6 Å². The zero-order chi connectivity index (χ0) is 15.2. The highest BCUT2D eigenvalue weighted by molar-refractivity contribution is 7.99. The van der Waals surface area contributed by atoms with Gasteiger partial charge in [-0.3, -0.25) is 4.79 Å². The van der Waals surface area contributed by atoms with Crippen LogP contribution in [-0.4, -0.2) is 76.7 Å². The van der Waals surface area contributed by atoms with Crippen molar-refractivity contribution >= 4 is 23.8 Å². The van der Waals surface area contributed by atoms with Gasteiger partial charge < -0.3 is 20.2 Å². The average molecular weight is 315 g/mol. The highest BCUT2D eigenvalue weighted by atomic mass is 32.2. The third kappa shape index (κ3) is 5.07. The average Bonchev–Trinajstić information content (AvgIpc) is 2.91. The highest BCUT2D eigenvalue weighted by Gasteiger charge is 2.29. The number of rotatable bonds is 5. The van der Waals surface area contributed by atoms with Crippen molar-refractivity contribution in [1.29, 1.82) is 0 Å². The van der Waals surface area contributed by atoms with E-state index in [9.17, 15) is 9.59 Å². The van der Waals surface area contributed by atoms with Crippen molar-refractivity contribution < 1.29 is 14.7 Å². The van der Waals surface area contributed by atoms with Gasteiger partial charge in [0.05, 0.1) is 12.5 Å². The van der Waals surface area contributed by atoms with Crippen molar-refractivity contribution in [1.82, 2.24) is 15.1 Å². The van der Waals surface area contributed by atoms with Crippen LogP contribution in [-0.2, 0) is 4.79 Å². The molecule has 2 unspecified atom stereocenters. The van der Waals surface area contributed by atoms with Gasteiger partial charge in [-0.2, -0.15) is 11.8 Å². The number of carboxylic acid groups (broad SMARTS) is 1. The molecule has 2 aliphatic rings. The fourth-order valence-electron chi connectivity index (χ4n) is 2.98. The molecule has 0 bridgehead atoms. The zero-order valence-electron chi connectivity index (χ0n) is 12.6. The van der Waals surface area contributed by atoms with Crippen LogP contribution >= 0.6 is 11.8 Å². The minimum absolute atomic E-state index is 0.0287. The van der Waals surface area contributed by atoms with E-state index in [1.807, 2.05) is 6.92 Å². The lowest BCUT2D eigenvalue weighted by Gasteiger charge is -2.35. The first-order valence-corrected chi connectivity index (χ1v) is 8.80. The lowest BCUT2D eigenvalue weighted by Crippen LogP contribution is -2.54. The standard InChI is InChI=1S/C14H25N3O3S/c1-11(9-16-4-2-3-5-16)15-14(20)17-6-7-21-10-12(17)8-13(18)19/h11-12H,2-10H2,1H3,(H,15,20)(H,18,19). The Labute approximate surface area is 130 Å². The first-order valence-electron chi connectivity index (χ1n) is 7.65. The Hall–Kier alpha value is -0.950. The maximum Gasteiger partial charge on any atom is 0.317 e. The number of hydrogen-bond acceptors (Lipinski definition) is 4. The van der Waals surface area contributed by atoms with Crippen molar-refractivity contribution in [2.75, 3.05) is 37.7 Å².